The van der Waals surface area contributed by atoms with Crippen molar-refractivity contribution >= 4 is 38.7 Å². The summed E-state index contributed by atoms with van der Waals surface area (Å²) in [6, 6.07) is 6.31. The highest BCUT2D eigenvalue weighted by Gasteiger charge is 2.18. The Morgan fingerprint density at radius 1 is 1.33 bits per heavy atom. The van der Waals surface area contributed by atoms with Gasteiger partial charge in [0.25, 0.3) is 5.91 Å². The van der Waals surface area contributed by atoms with Gasteiger partial charge in [0.05, 0.1) is 16.0 Å². The van der Waals surface area contributed by atoms with Gasteiger partial charge in [0.2, 0.25) is 0 Å². The SMILES string of the molecule is CN(C)[C@@H](CNC(=O)c1ccc(Cl)c(S(C)(=O)=O)c1)c1ccsc1. The number of benzene rings is 1. The van der Waals surface area contributed by atoms with Crippen LogP contribution >= 0.6 is 22.9 Å². The molecular formula is C16H19ClN2O3S2. The molecule has 1 atom stereocenters. The zero-order valence-corrected chi connectivity index (χ0v) is 16.0. The summed E-state index contributed by atoms with van der Waals surface area (Å²) in [7, 11) is 0.398. The molecule has 1 N–H and O–H groups in total. The number of hydrogen-bond donors (Lipinski definition) is 1. The van der Waals surface area contributed by atoms with Crippen LogP contribution < -0.4 is 5.32 Å². The van der Waals surface area contributed by atoms with E-state index < -0.39 is 9.84 Å². The highest BCUT2D eigenvalue weighted by molar-refractivity contribution is 7.90. The monoisotopic (exact) mass is 386 g/mol. The lowest BCUT2D eigenvalue weighted by Gasteiger charge is -2.24. The average Bonchev–Trinajstić information content (AvgIpc) is 3.00. The molecule has 0 saturated heterocycles. The van der Waals surface area contributed by atoms with Crippen molar-refractivity contribution in [1.29, 1.82) is 0 Å². The number of sulfone groups is 1. The Balaban J connectivity index is 2.15. The van der Waals surface area contributed by atoms with Gasteiger partial charge in [-0.25, -0.2) is 8.42 Å². The molecule has 0 saturated carbocycles. The van der Waals surface area contributed by atoms with E-state index in [-0.39, 0.29) is 27.4 Å². The first-order valence-electron chi connectivity index (χ1n) is 7.16. The van der Waals surface area contributed by atoms with Crippen LogP contribution in [0.2, 0.25) is 5.02 Å². The summed E-state index contributed by atoms with van der Waals surface area (Å²) in [6.45, 7) is 0.416. The van der Waals surface area contributed by atoms with Crippen molar-refractivity contribution in [3.8, 4) is 0 Å². The van der Waals surface area contributed by atoms with Crippen molar-refractivity contribution in [3.63, 3.8) is 0 Å². The predicted octanol–water partition coefficient (Wildman–Crippen LogP) is 2.84. The normalized spacial score (nSPS) is 13.0. The molecule has 2 rings (SSSR count). The molecule has 8 heteroatoms. The third-order valence-electron chi connectivity index (χ3n) is 3.60. The molecule has 130 valence electrons. The summed E-state index contributed by atoms with van der Waals surface area (Å²) in [6.07, 6.45) is 1.06. The van der Waals surface area contributed by atoms with Crippen LogP contribution in [0.5, 0.6) is 0 Å². The Hall–Kier alpha value is -1.41. The molecule has 0 aliphatic heterocycles. The summed E-state index contributed by atoms with van der Waals surface area (Å²) in [4.78, 5) is 14.3. The zero-order chi connectivity index (χ0) is 17.9. The van der Waals surface area contributed by atoms with Gasteiger partial charge in [0, 0.05) is 18.4 Å². The van der Waals surface area contributed by atoms with Gasteiger partial charge in [0.1, 0.15) is 0 Å². The van der Waals surface area contributed by atoms with E-state index in [1.54, 1.807) is 11.3 Å². The minimum absolute atomic E-state index is 0.0428. The molecule has 1 aromatic carbocycles. The van der Waals surface area contributed by atoms with Crippen molar-refractivity contribution in [1.82, 2.24) is 10.2 Å². The van der Waals surface area contributed by atoms with E-state index >= 15 is 0 Å². The number of nitrogens with one attached hydrogen (secondary N) is 1. The highest BCUT2D eigenvalue weighted by Crippen LogP contribution is 2.23. The number of nitrogens with zero attached hydrogens (tertiary/aromatic N) is 1. The second-order valence-electron chi connectivity index (χ2n) is 5.66. The first kappa shape index (κ1) is 18.9. The van der Waals surface area contributed by atoms with Gasteiger partial charge in [0.15, 0.2) is 9.84 Å². The van der Waals surface area contributed by atoms with Crippen LogP contribution in [0.1, 0.15) is 22.0 Å². The van der Waals surface area contributed by atoms with Gasteiger partial charge in [-0.05, 0) is 54.7 Å². The lowest BCUT2D eigenvalue weighted by molar-refractivity contribution is 0.0942. The number of hydrogen-bond acceptors (Lipinski definition) is 5. The molecule has 0 aliphatic rings. The molecule has 0 fully saturated rings. The predicted molar refractivity (Wildman–Crippen MR) is 97.6 cm³/mol. The first-order valence-corrected chi connectivity index (χ1v) is 10.4. The molecule has 5 nitrogen and oxygen atoms in total. The van der Waals surface area contributed by atoms with Gasteiger partial charge in [-0.1, -0.05) is 11.6 Å². The number of likely N-dealkylation sites (N-methyl/N-ethyl adjacent to an activating group) is 1. The summed E-state index contributed by atoms with van der Waals surface area (Å²) < 4.78 is 23.4. The molecule has 1 aromatic heterocycles. The third kappa shape index (κ3) is 4.57. The number of amides is 1. The molecule has 1 amide bonds. The molecule has 0 radical (unpaired) electrons. The van der Waals surface area contributed by atoms with Crippen LogP contribution in [0.4, 0.5) is 0 Å². The molecule has 0 spiro atoms. The van der Waals surface area contributed by atoms with Crippen LogP contribution in [-0.2, 0) is 9.84 Å². The molecule has 24 heavy (non-hydrogen) atoms. The topological polar surface area (TPSA) is 66.5 Å². The minimum atomic E-state index is -3.49. The second-order valence-corrected chi connectivity index (χ2v) is 8.83. The Kier molecular flexibility index (Phi) is 6.03. The van der Waals surface area contributed by atoms with Crippen LogP contribution in [0, 0.1) is 0 Å². The summed E-state index contributed by atoms with van der Waals surface area (Å²) in [5, 5.41) is 7.00. The van der Waals surface area contributed by atoms with Crippen molar-refractivity contribution in [2.45, 2.75) is 10.9 Å². The fourth-order valence-electron chi connectivity index (χ4n) is 2.28. The Morgan fingerprint density at radius 3 is 2.58 bits per heavy atom. The van der Waals surface area contributed by atoms with Gasteiger partial charge >= 0.3 is 0 Å². The number of thiophene rings is 1. The number of halogens is 1. The van der Waals surface area contributed by atoms with Gasteiger partial charge in [-0.15, -0.1) is 0 Å². The smallest absolute Gasteiger partial charge is 0.251 e. The summed E-state index contributed by atoms with van der Waals surface area (Å²) in [5.74, 6) is -0.335. The molecule has 0 bridgehead atoms. The minimum Gasteiger partial charge on any atom is -0.350 e. The van der Waals surface area contributed by atoms with Crippen LogP contribution in [0.3, 0.4) is 0 Å². The fraction of sp³-hybridized carbons (Fsp3) is 0.312. The Morgan fingerprint density at radius 2 is 2.04 bits per heavy atom. The van der Waals surface area contributed by atoms with E-state index in [1.807, 2.05) is 35.8 Å². The highest BCUT2D eigenvalue weighted by atomic mass is 35.5. The average molecular weight is 387 g/mol. The maximum absolute atomic E-state index is 12.4. The molecule has 1 heterocycles. The largest absolute Gasteiger partial charge is 0.350 e. The third-order valence-corrected chi connectivity index (χ3v) is 5.88. The molecule has 0 aliphatic carbocycles. The maximum Gasteiger partial charge on any atom is 0.251 e. The maximum atomic E-state index is 12.4. The standard InChI is InChI=1S/C16H19ClN2O3S2/c1-19(2)14(12-6-7-23-10-12)9-18-16(20)11-4-5-13(17)15(8-11)24(3,21)22/h4-8,10,14H,9H2,1-3H3,(H,18,20)/t14-/m0/s1. The van der Waals surface area contributed by atoms with Crippen LogP contribution in [-0.4, -0.2) is 46.1 Å². The van der Waals surface area contributed by atoms with Gasteiger partial charge in [-0.3, -0.25) is 4.79 Å². The van der Waals surface area contributed by atoms with Crippen molar-refractivity contribution in [3.05, 3.63) is 51.2 Å². The van der Waals surface area contributed by atoms with Gasteiger partial charge < -0.3 is 10.2 Å². The van der Waals surface area contributed by atoms with E-state index in [4.69, 9.17) is 11.6 Å². The number of carbonyl (C=O) groups is 1. The Labute approximate surface area is 151 Å². The van der Waals surface area contributed by atoms with E-state index in [0.29, 0.717) is 6.54 Å². The van der Waals surface area contributed by atoms with Crippen molar-refractivity contribution in [2.24, 2.45) is 0 Å². The lowest BCUT2D eigenvalue weighted by Crippen LogP contribution is -2.34. The number of rotatable bonds is 6. The van der Waals surface area contributed by atoms with Crippen LogP contribution in [0.15, 0.2) is 39.9 Å². The second kappa shape index (κ2) is 7.65. The zero-order valence-electron chi connectivity index (χ0n) is 13.6. The van der Waals surface area contributed by atoms with E-state index in [0.717, 1.165) is 11.8 Å². The van der Waals surface area contributed by atoms with E-state index in [1.165, 1.54) is 18.2 Å². The molecular weight excluding hydrogens is 368 g/mol. The van der Waals surface area contributed by atoms with Crippen LogP contribution in [0.25, 0.3) is 0 Å². The fourth-order valence-corrected chi connectivity index (χ4v) is 4.29. The summed E-state index contributed by atoms with van der Waals surface area (Å²) in [5.41, 5.74) is 1.39. The van der Waals surface area contributed by atoms with E-state index in [2.05, 4.69) is 5.32 Å². The summed E-state index contributed by atoms with van der Waals surface area (Å²) >= 11 is 7.51. The quantitative estimate of drug-likeness (QED) is 0.828. The lowest BCUT2D eigenvalue weighted by atomic mass is 10.1. The van der Waals surface area contributed by atoms with Crippen molar-refractivity contribution < 1.29 is 13.2 Å². The number of carbonyl (C=O) groups excluding carboxylic acids is 1. The van der Waals surface area contributed by atoms with Gasteiger partial charge in [-0.2, -0.15) is 11.3 Å². The Bertz CT molecular complexity index is 818. The first-order chi connectivity index (χ1) is 11.2. The van der Waals surface area contributed by atoms with Crippen molar-refractivity contribution in [2.75, 3.05) is 26.9 Å². The van der Waals surface area contributed by atoms with E-state index in [9.17, 15) is 13.2 Å². The molecule has 0 unspecified atom stereocenters. The molecule has 2 aromatic rings.